The molecular formula is C8H9N2O2. The number of nitrogens with zero attached hydrogens (tertiary/aromatic N) is 1. The van der Waals surface area contributed by atoms with E-state index in [-0.39, 0.29) is 6.61 Å². The van der Waals surface area contributed by atoms with Crippen LogP contribution in [0.3, 0.4) is 0 Å². The lowest BCUT2D eigenvalue weighted by Crippen LogP contribution is -2.14. The summed E-state index contributed by atoms with van der Waals surface area (Å²) in [4.78, 5) is 14.7. The van der Waals surface area contributed by atoms with Crippen molar-refractivity contribution in [2.24, 2.45) is 5.73 Å². The van der Waals surface area contributed by atoms with Crippen molar-refractivity contribution in [2.75, 3.05) is 6.61 Å². The fourth-order valence-electron chi connectivity index (χ4n) is 0.875. The number of nitrogens with two attached hydrogens (primary N) is 1. The molecule has 1 rings (SSSR count). The summed E-state index contributed by atoms with van der Waals surface area (Å²) < 4.78 is 0. The fraction of sp³-hybridized carbons (Fsp3) is 0.125. The molecule has 63 valence electrons. The van der Waals surface area contributed by atoms with Crippen molar-refractivity contribution in [1.29, 1.82) is 0 Å². The third kappa shape index (κ3) is 1.79. The van der Waals surface area contributed by atoms with Crippen LogP contribution in [0.15, 0.2) is 18.3 Å². The number of aliphatic hydroxyl groups is 1. The molecule has 12 heavy (non-hydrogen) atoms. The van der Waals surface area contributed by atoms with Crippen LogP contribution >= 0.6 is 0 Å². The molecule has 1 amide bonds. The maximum Gasteiger partial charge on any atom is 0.250 e. The Kier molecular flexibility index (Phi) is 2.76. The van der Waals surface area contributed by atoms with Crippen LogP contribution in [-0.2, 0) is 0 Å². The molecule has 0 saturated heterocycles. The van der Waals surface area contributed by atoms with E-state index in [0.717, 1.165) is 0 Å². The van der Waals surface area contributed by atoms with Gasteiger partial charge < -0.3 is 10.8 Å². The van der Waals surface area contributed by atoms with E-state index in [0.29, 0.717) is 11.3 Å². The van der Waals surface area contributed by atoms with Gasteiger partial charge in [-0.3, -0.25) is 9.78 Å². The predicted molar refractivity (Wildman–Crippen MR) is 43.2 cm³/mol. The van der Waals surface area contributed by atoms with Gasteiger partial charge in [0, 0.05) is 12.6 Å². The third-order valence-electron chi connectivity index (χ3n) is 1.39. The number of carbonyl (C=O) groups excluding carboxylic acids is 1. The average Bonchev–Trinajstić information content (AvgIpc) is 2.05. The summed E-state index contributed by atoms with van der Waals surface area (Å²) in [5.41, 5.74) is 5.81. The summed E-state index contributed by atoms with van der Waals surface area (Å²) >= 11 is 0. The van der Waals surface area contributed by atoms with Crippen LogP contribution in [0.1, 0.15) is 16.1 Å². The lowest BCUT2D eigenvalue weighted by atomic mass is 10.1. The van der Waals surface area contributed by atoms with E-state index in [9.17, 15) is 4.79 Å². The first-order valence-electron chi connectivity index (χ1n) is 3.44. The number of pyridine rings is 1. The zero-order valence-electron chi connectivity index (χ0n) is 6.40. The summed E-state index contributed by atoms with van der Waals surface area (Å²) in [6.45, 7) is -0.155. The topological polar surface area (TPSA) is 76.2 Å². The molecule has 0 aliphatic heterocycles. The Morgan fingerprint density at radius 2 is 2.50 bits per heavy atom. The molecule has 0 unspecified atom stereocenters. The molecule has 1 heterocycles. The summed E-state index contributed by atoms with van der Waals surface area (Å²) in [6.07, 6.45) is 2.97. The largest absolute Gasteiger partial charge is 0.396 e. The van der Waals surface area contributed by atoms with Gasteiger partial charge >= 0.3 is 0 Å². The van der Waals surface area contributed by atoms with Crippen molar-refractivity contribution < 1.29 is 9.90 Å². The van der Waals surface area contributed by atoms with Gasteiger partial charge in [0.05, 0.1) is 17.9 Å². The van der Waals surface area contributed by atoms with E-state index in [4.69, 9.17) is 10.8 Å². The summed E-state index contributed by atoms with van der Waals surface area (Å²) in [7, 11) is 0. The highest BCUT2D eigenvalue weighted by atomic mass is 16.3. The van der Waals surface area contributed by atoms with Crippen LogP contribution in [0.5, 0.6) is 0 Å². The van der Waals surface area contributed by atoms with Crippen LogP contribution < -0.4 is 5.73 Å². The van der Waals surface area contributed by atoms with Gasteiger partial charge in [0.15, 0.2) is 0 Å². The van der Waals surface area contributed by atoms with Gasteiger partial charge in [0.1, 0.15) is 0 Å². The molecule has 0 spiro atoms. The van der Waals surface area contributed by atoms with Crippen LogP contribution in [-0.4, -0.2) is 22.6 Å². The number of aliphatic hydroxyl groups excluding tert-OH is 1. The lowest BCUT2D eigenvalue weighted by molar-refractivity contribution is 0.0999. The van der Waals surface area contributed by atoms with E-state index >= 15 is 0 Å². The van der Waals surface area contributed by atoms with Gasteiger partial charge in [-0.1, -0.05) is 0 Å². The minimum Gasteiger partial charge on any atom is -0.396 e. The summed E-state index contributed by atoms with van der Waals surface area (Å²) in [5.74, 6) is -0.539. The first kappa shape index (κ1) is 8.67. The van der Waals surface area contributed by atoms with Crippen LogP contribution in [0.2, 0.25) is 0 Å². The summed E-state index contributed by atoms with van der Waals surface area (Å²) in [6, 6.07) is 3.19. The second-order valence-corrected chi connectivity index (χ2v) is 2.19. The van der Waals surface area contributed by atoms with Crippen molar-refractivity contribution in [3.05, 3.63) is 36.0 Å². The Morgan fingerprint density at radius 1 is 1.75 bits per heavy atom. The number of carbonyl (C=O) groups is 1. The molecule has 0 aliphatic rings. The predicted octanol–water partition coefficient (Wildman–Crippen LogP) is -0.275. The molecule has 0 aliphatic carbocycles. The molecule has 4 nitrogen and oxygen atoms in total. The van der Waals surface area contributed by atoms with Crippen molar-refractivity contribution in [2.45, 2.75) is 0 Å². The van der Waals surface area contributed by atoms with Crippen LogP contribution in [0.4, 0.5) is 0 Å². The Morgan fingerprint density at radius 3 is 3.08 bits per heavy atom. The molecule has 3 N–H and O–H groups in total. The van der Waals surface area contributed by atoms with Crippen molar-refractivity contribution >= 4 is 5.91 Å². The summed E-state index contributed by atoms with van der Waals surface area (Å²) in [5, 5.41) is 8.58. The lowest BCUT2D eigenvalue weighted by Gasteiger charge is -2.01. The maximum absolute atomic E-state index is 10.8. The number of hydrogen-bond donors (Lipinski definition) is 2. The van der Waals surface area contributed by atoms with E-state index in [1.165, 1.54) is 12.6 Å². The number of hydrogen-bond acceptors (Lipinski definition) is 3. The Bertz CT molecular complexity index is 286. The molecule has 0 bridgehead atoms. The van der Waals surface area contributed by atoms with E-state index in [2.05, 4.69) is 4.98 Å². The highest BCUT2D eigenvalue weighted by molar-refractivity contribution is 5.94. The fourth-order valence-corrected chi connectivity index (χ4v) is 0.875. The molecule has 0 saturated carbocycles. The minimum atomic E-state index is -0.539. The van der Waals surface area contributed by atoms with E-state index in [1.807, 2.05) is 0 Å². The number of primary amides is 1. The first-order valence-corrected chi connectivity index (χ1v) is 3.44. The van der Waals surface area contributed by atoms with Crippen molar-refractivity contribution in [1.82, 2.24) is 4.98 Å². The number of rotatable bonds is 3. The maximum atomic E-state index is 10.8. The second kappa shape index (κ2) is 3.82. The van der Waals surface area contributed by atoms with Gasteiger partial charge in [-0.05, 0) is 12.1 Å². The van der Waals surface area contributed by atoms with E-state index in [1.54, 1.807) is 12.1 Å². The minimum absolute atomic E-state index is 0.155. The van der Waals surface area contributed by atoms with Crippen LogP contribution in [0, 0.1) is 6.42 Å². The zero-order chi connectivity index (χ0) is 8.97. The monoisotopic (exact) mass is 165 g/mol. The molecule has 1 aromatic rings. The van der Waals surface area contributed by atoms with Gasteiger partial charge in [0.25, 0.3) is 5.91 Å². The molecule has 4 heteroatoms. The highest BCUT2D eigenvalue weighted by Gasteiger charge is 2.07. The Hall–Kier alpha value is -1.42. The van der Waals surface area contributed by atoms with E-state index < -0.39 is 5.91 Å². The van der Waals surface area contributed by atoms with Crippen LogP contribution in [0.25, 0.3) is 0 Å². The smallest absolute Gasteiger partial charge is 0.250 e. The molecule has 0 atom stereocenters. The molecule has 0 aromatic carbocycles. The Labute approximate surface area is 70.0 Å². The third-order valence-corrected chi connectivity index (χ3v) is 1.39. The van der Waals surface area contributed by atoms with Crippen molar-refractivity contribution in [3.8, 4) is 0 Å². The Balaban J connectivity index is 3.00. The normalized spacial score (nSPS) is 9.75. The molecule has 1 radical (unpaired) electrons. The zero-order valence-corrected chi connectivity index (χ0v) is 6.40. The van der Waals surface area contributed by atoms with Gasteiger partial charge in [-0.25, -0.2) is 0 Å². The number of amides is 1. The first-order chi connectivity index (χ1) is 5.75. The average molecular weight is 165 g/mol. The number of aromatic nitrogens is 1. The van der Waals surface area contributed by atoms with Gasteiger partial charge in [0.2, 0.25) is 0 Å². The van der Waals surface area contributed by atoms with Crippen molar-refractivity contribution in [3.63, 3.8) is 0 Å². The molecular weight excluding hydrogens is 156 g/mol. The second-order valence-electron chi connectivity index (χ2n) is 2.19. The quantitative estimate of drug-likeness (QED) is 0.647. The standard InChI is InChI=1S/C8H9N2O2/c9-8(12)6-2-1-4-10-7(6)3-5-11/h1-4,11H,5H2,(H2,9,12). The molecule has 1 aromatic heterocycles. The highest BCUT2D eigenvalue weighted by Crippen LogP contribution is 2.05. The SMILES string of the molecule is NC(=O)c1cccnc1[CH]CO. The molecule has 0 fully saturated rings. The van der Waals surface area contributed by atoms with Gasteiger partial charge in [-0.15, -0.1) is 0 Å². The van der Waals surface area contributed by atoms with Gasteiger partial charge in [-0.2, -0.15) is 0 Å².